The molecule has 1 saturated heterocycles. The van der Waals surface area contributed by atoms with Crippen LogP contribution in [0, 0.1) is 0 Å². The molecule has 0 radical (unpaired) electrons. The molecule has 1 fully saturated rings. The molecule has 1 amide bonds. The summed E-state index contributed by atoms with van der Waals surface area (Å²) in [5.41, 5.74) is 2.28. The van der Waals surface area contributed by atoms with Crippen molar-refractivity contribution < 1.29 is 28.9 Å². The quantitative estimate of drug-likeness (QED) is 0.315. The van der Waals surface area contributed by atoms with Crippen molar-refractivity contribution in [3.8, 4) is 11.5 Å². The van der Waals surface area contributed by atoms with Crippen molar-refractivity contribution in [1.82, 2.24) is 4.90 Å². The average Bonchev–Trinajstić information content (AvgIpc) is 3.08. The number of amides is 1. The topological polar surface area (TPSA) is 85.3 Å². The number of methoxy groups -OCH3 is 1. The monoisotopic (exact) mass is 467 g/mol. The number of carbonyl (C=O) groups excluding carboxylic acids is 2. The molecule has 0 aliphatic carbocycles. The van der Waals surface area contributed by atoms with E-state index in [1.807, 2.05) is 39.8 Å². The number of aliphatic hydroxyl groups excluding tert-OH is 1. The van der Waals surface area contributed by atoms with Gasteiger partial charge in [-0.1, -0.05) is 37.3 Å². The Morgan fingerprint density at radius 2 is 1.76 bits per heavy atom. The highest BCUT2D eigenvalue weighted by molar-refractivity contribution is 6.46. The molecular weight excluding hydrogens is 434 g/mol. The number of likely N-dealkylation sites (tertiary alicyclic amines) is 1. The van der Waals surface area contributed by atoms with E-state index in [1.54, 1.807) is 30.3 Å². The van der Waals surface area contributed by atoms with Crippen LogP contribution in [0.15, 0.2) is 48.0 Å². The lowest BCUT2D eigenvalue weighted by molar-refractivity contribution is -0.140. The lowest BCUT2D eigenvalue weighted by Gasteiger charge is -2.26. The second kappa shape index (κ2) is 11.2. The van der Waals surface area contributed by atoms with Crippen molar-refractivity contribution in [1.29, 1.82) is 0 Å². The molecule has 1 N–H and O–H groups in total. The highest BCUT2D eigenvalue weighted by atomic mass is 16.5. The SMILES string of the molecule is CCOc1cc(C2/C(=C(/O)c3ccc(CC)cc3)C(=O)C(=O)N2CCOC)ccc1OC(C)C. The fourth-order valence-corrected chi connectivity index (χ4v) is 4.01. The largest absolute Gasteiger partial charge is 0.507 e. The van der Waals surface area contributed by atoms with Crippen LogP contribution in [-0.4, -0.2) is 54.7 Å². The number of ketones is 1. The summed E-state index contributed by atoms with van der Waals surface area (Å²) in [4.78, 5) is 27.5. The molecule has 1 unspecified atom stereocenters. The van der Waals surface area contributed by atoms with E-state index in [0.29, 0.717) is 29.2 Å². The molecule has 182 valence electrons. The third-order valence-corrected chi connectivity index (χ3v) is 5.66. The number of hydrogen-bond acceptors (Lipinski definition) is 6. The highest BCUT2D eigenvalue weighted by Gasteiger charge is 2.46. The number of ether oxygens (including phenoxy) is 3. The van der Waals surface area contributed by atoms with Gasteiger partial charge in [-0.2, -0.15) is 0 Å². The van der Waals surface area contributed by atoms with Gasteiger partial charge in [-0.25, -0.2) is 0 Å². The maximum atomic E-state index is 13.1. The van der Waals surface area contributed by atoms with E-state index < -0.39 is 17.7 Å². The summed E-state index contributed by atoms with van der Waals surface area (Å²) in [5, 5.41) is 11.2. The summed E-state index contributed by atoms with van der Waals surface area (Å²) in [7, 11) is 1.53. The maximum Gasteiger partial charge on any atom is 0.295 e. The van der Waals surface area contributed by atoms with Crippen LogP contribution < -0.4 is 9.47 Å². The summed E-state index contributed by atoms with van der Waals surface area (Å²) >= 11 is 0. The van der Waals surface area contributed by atoms with Crippen molar-refractivity contribution in [3.63, 3.8) is 0 Å². The molecule has 7 heteroatoms. The Bertz CT molecular complexity index is 1060. The number of carbonyl (C=O) groups is 2. The molecule has 0 spiro atoms. The second-order valence-electron chi connectivity index (χ2n) is 8.34. The molecule has 2 aromatic rings. The number of Topliss-reactive ketones (excluding diaryl/α,β-unsaturated/α-hetero) is 1. The molecule has 1 atom stereocenters. The zero-order valence-electron chi connectivity index (χ0n) is 20.5. The zero-order chi connectivity index (χ0) is 24.8. The van der Waals surface area contributed by atoms with Gasteiger partial charge in [0, 0.05) is 19.2 Å². The van der Waals surface area contributed by atoms with E-state index in [0.717, 1.165) is 12.0 Å². The molecule has 7 nitrogen and oxygen atoms in total. The molecule has 1 aliphatic heterocycles. The van der Waals surface area contributed by atoms with E-state index in [9.17, 15) is 14.7 Å². The summed E-state index contributed by atoms with van der Waals surface area (Å²) in [6.07, 6.45) is 0.802. The van der Waals surface area contributed by atoms with Crippen molar-refractivity contribution in [2.24, 2.45) is 0 Å². The lowest BCUT2D eigenvalue weighted by Crippen LogP contribution is -2.32. The van der Waals surface area contributed by atoms with Crippen LogP contribution in [0.4, 0.5) is 0 Å². The Morgan fingerprint density at radius 1 is 1.06 bits per heavy atom. The number of aliphatic hydroxyl groups is 1. The molecule has 3 rings (SSSR count). The fourth-order valence-electron chi connectivity index (χ4n) is 4.01. The molecule has 1 heterocycles. The lowest BCUT2D eigenvalue weighted by atomic mass is 9.94. The smallest absolute Gasteiger partial charge is 0.295 e. The minimum absolute atomic E-state index is 0.0466. The van der Waals surface area contributed by atoms with Gasteiger partial charge >= 0.3 is 0 Å². The fraction of sp³-hybridized carbons (Fsp3) is 0.407. The standard InChI is InChI=1S/C27H33NO6/c1-6-18-8-10-19(11-9-18)25(29)23-24(28(14-15-32-5)27(31)26(23)30)20-12-13-21(34-17(3)4)22(16-20)33-7-2/h8-13,16-17,24,29H,6-7,14-15H2,1-5H3/b25-23-. The predicted octanol–water partition coefficient (Wildman–Crippen LogP) is 4.50. The average molecular weight is 468 g/mol. The van der Waals surface area contributed by atoms with E-state index in [2.05, 4.69) is 0 Å². The van der Waals surface area contributed by atoms with Gasteiger partial charge in [-0.05, 0) is 50.5 Å². The molecule has 0 aromatic heterocycles. The minimum atomic E-state index is -0.784. The van der Waals surface area contributed by atoms with Gasteiger partial charge in [0.15, 0.2) is 11.5 Å². The highest BCUT2D eigenvalue weighted by Crippen LogP contribution is 2.42. The van der Waals surface area contributed by atoms with Crippen LogP contribution in [0.5, 0.6) is 11.5 Å². The first kappa shape index (κ1) is 25.3. The Kier molecular flexibility index (Phi) is 8.34. The molecule has 2 aromatic carbocycles. The van der Waals surface area contributed by atoms with Gasteiger partial charge in [0.1, 0.15) is 5.76 Å². The number of benzene rings is 2. The first-order chi connectivity index (χ1) is 16.3. The van der Waals surface area contributed by atoms with Crippen LogP contribution in [0.25, 0.3) is 5.76 Å². The van der Waals surface area contributed by atoms with Gasteiger partial charge in [-0.3, -0.25) is 9.59 Å². The van der Waals surface area contributed by atoms with Gasteiger partial charge < -0.3 is 24.2 Å². The summed E-state index contributed by atoms with van der Waals surface area (Å²) in [6, 6.07) is 11.9. The summed E-state index contributed by atoms with van der Waals surface area (Å²) < 4.78 is 16.8. The number of nitrogens with zero attached hydrogens (tertiary/aromatic N) is 1. The third kappa shape index (κ3) is 5.25. The minimum Gasteiger partial charge on any atom is -0.507 e. The van der Waals surface area contributed by atoms with E-state index in [-0.39, 0.29) is 30.6 Å². The predicted molar refractivity (Wildman–Crippen MR) is 130 cm³/mol. The normalized spacial score (nSPS) is 17.5. The second-order valence-corrected chi connectivity index (χ2v) is 8.34. The molecule has 34 heavy (non-hydrogen) atoms. The van der Waals surface area contributed by atoms with Gasteiger partial charge in [-0.15, -0.1) is 0 Å². The van der Waals surface area contributed by atoms with Crippen LogP contribution >= 0.6 is 0 Å². The van der Waals surface area contributed by atoms with Crippen molar-refractivity contribution in [2.45, 2.75) is 46.3 Å². The van der Waals surface area contributed by atoms with Gasteiger partial charge in [0.25, 0.3) is 11.7 Å². The Hall–Kier alpha value is -3.32. The van der Waals surface area contributed by atoms with Crippen molar-refractivity contribution >= 4 is 17.4 Å². The summed E-state index contributed by atoms with van der Waals surface area (Å²) in [5.74, 6) is -0.512. The summed E-state index contributed by atoms with van der Waals surface area (Å²) in [6.45, 7) is 8.63. The molecule has 1 aliphatic rings. The maximum absolute atomic E-state index is 13.1. The molecule has 0 saturated carbocycles. The van der Waals surface area contributed by atoms with E-state index >= 15 is 0 Å². The van der Waals surface area contributed by atoms with Crippen molar-refractivity contribution in [2.75, 3.05) is 26.9 Å². The molecule has 0 bridgehead atoms. The third-order valence-electron chi connectivity index (χ3n) is 5.66. The number of rotatable bonds is 10. The zero-order valence-corrected chi connectivity index (χ0v) is 20.5. The van der Waals surface area contributed by atoms with Gasteiger partial charge in [0.2, 0.25) is 0 Å². The first-order valence-electron chi connectivity index (χ1n) is 11.6. The van der Waals surface area contributed by atoms with Crippen LogP contribution in [-0.2, 0) is 20.7 Å². The Labute approximate surface area is 200 Å². The molecular formula is C27H33NO6. The number of hydrogen-bond donors (Lipinski definition) is 1. The number of aryl methyl sites for hydroxylation is 1. The van der Waals surface area contributed by atoms with Crippen LogP contribution in [0.1, 0.15) is 50.4 Å². The van der Waals surface area contributed by atoms with Crippen molar-refractivity contribution in [3.05, 3.63) is 64.7 Å². The van der Waals surface area contributed by atoms with Gasteiger partial charge in [0.05, 0.1) is 30.9 Å². The first-order valence-corrected chi connectivity index (χ1v) is 11.6. The Morgan fingerprint density at radius 3 is 2.35 bits per heavy atom. The van der Waals surface area contributed by atoms with E-state index in [1.165, 1.54) is 12.0 Å². The van der Waals surface area contributed by atoms with Crippen LogP contribution in [0.2, 0.25) is 0 Å². The van der Waals surface area contributed by atoms with Crippen LogP contribution in [0.3, 0.4) is 0 Å². The van der Waals surface area contributed by atoms with E-state index in [4.69, 9.17) is 14.2 Å². The Balaban J connectivity index is 2.16.